The molecule has 24 heavy (non-hydrogen) atoms. The Morgan fingerprint density at radius 2 is 2.08 bits per heavy atom. The van der Waals surface area contributed by atoms with Crippen LogP contribution in [0.1, 0.15) is 37.4 Å². The molecule has 0 unspecified atom stereocenters. The van der Waals surface area contributed by atoms with E-state index in [2.05, 4.69) is 10.1 Å². The molecule has 0 radical (unpaired) electrons. The van der Waals surface area contributed by atoms with Gasteiger partial charge in [-0.05, 0) is 48.6 Å². The Morgan fingerprint density at radius 3 is 2.67 bits per heavy atom. The number of carboxylic acids is 1. The number of carbonyl (C=O) groups is 1. The van der Waals surface area contributed by atoms with Gasteiger partial charge in [-0.3, -0.25) is 0 Å². The Balaban J connectivity index is 1.31. The molecule has 0 bridgehead atoms. The van der Waals surface area contributed by atoms with Gasteiger partial charge in [0.2, 0.25) is 5.88 Å². The van der Waals surface area contributed by atoms with Crippen LogP contribution in [0.4, 0.5) is 0 Å². The number of pyridine rings is 1. The molecular weight excluding hydrogens is 330 g/mol. The fourth-order valence-corrected chi connectivity index (χ4v) is 4.41. The summed E-state index contributed by atoms with van der Waals surface area (Å²) in [5.74, 6) is -0.727. The molecule has 0 atom stereocenters. The largest absolute Gasteiger partial charge is 0.478 e. The summed E-state index contributed by atoms with van der Waals surface area (Å²) in [7, 11) is 0. The van der Waals surface area contributed by atoms with E-state index in [-0.39, 0.29) is 21.5 Å². The van der Waals surface area contributed by atoms with Crippen LogP contribution in [-0.4, -0.2) is 32.4 Å². The molecule has 2 aromatic rings. The van der Waals surface area contributed by atoms with Gasteiger partial charge in [0.05, 0.1) is 12.2 Å². The number of hydrogen-bond donors (Lipinski definition) is 1. The first-order valence-electron chi connectivity index (χ1n) is 8.51. The smallest absolute Gasteiger partial charge is 0.338 e. The summed E-state index contributed by atoms with van der Waals surface area (Å²) in [6.45, 7) is 0.371. The van der Waals surface area contributed by atoms with Crippen LogP contribution in [0, 0.1) is 16.7 Å². The maximum absolute atomic E-state index is 11.0. The molecule has 7 heteroatoms. The first-order valence-corrected chi connectivity index (χ1v) is 8.39. The molecule has 0 saturated heterocycles. The Kier molecular flexibility index (Phi) is 2.49. The van der Waals surface area contributed by atoms with E-state index in [9.17, 15) is 4.79 Å². The van der Waals surface area contributed by atoms with Crippen molar-refractivity contribution in [3.05, 3.63) is 35.1 Å². The highest BCUT2D eigenvalue weighted by Gasteiger charge is 2.86. The van der Waals surface area contributed by atoms with Crippen molar-refractivity contribution in [1.82, 2.24) is 14.8 Å². The van der Waals surface area contributed by atoms with E-state index in [1.165, 1.54) is 16.8 Å². The van der Waals surface area contributed by atoms with E-state index in [0.717, 1.165) is 25.7 Å². The molecule has 3 saturated carbocycles. The van der Waals surface area contributed by atoms with Gasteiger partial charge in [-0.2, -0.15) is 0 Å². The van der Waals surface area contributed by atoms with Crippen molar-refractivity contribution in [2.45, 2.75) is 25.7 Å². The fraction of sp³-hybridized carbons (Fsp3) is 0.471. The van der Waals surface area contributed by atoms with Gasteiger partial charge < -0.3 is 9.84 Å². The zero-order valence-electron chi connectivity index (χ0n) is 13.8. The quantitative estimate of drug-likeness (QED) is 0.841. The molecule has 3 aliphatic carbocycles. The molecule has 3 aliphatic rings. The summed E-state index contributed by atoms with van der Waals surface area (Å²) in [5, 5.41) is 13.2. The lowest BCUT2D eigenvalue weighted by Crippen LogP contribution is -2.05. The third kappa shape index (κ3) is 1.86. The number of halogens is 1. The number of fused-ring (bicyclic) bond motifs is 1. The molecule has 5 rings (SSSR count). The zero-order chi connectivity index (χ0) is 17.4. The number of carboxylic acid groups (broad SMARTS) is 1. The van der Waals surface area contributed by atoms with Gasteiger partial charge in [0, 0.05) is 19.5 Å². The molecule has 0 aliphatic heterocycles. The van der Waals surface area contributed by atoms with E-state index in [1.807, 2.05) is 0 Å². The Hall–Kier alpha value is -2.08. The molecule has 6 nitrogen and oxygen atoms in total. The molecular formula is C17H16ClN3O3. The van der Waals surface area contributed by atoms with Crippen LogP contribution in [0.25, 0.3) is 5.82 Å². The van der Waals surface area contributed by atoms with E-state index in [4.69, 9.17) is 22.8 Å². The number of nitrogens with zero attached hydrogens (tertiary/aromatic N) is 3. The SMILES string of the molecule is [2H]C1(COc2ccn(-c3ccc(C(=O)O)c(Cl)n3)n2)C2(CC2)C12CC2. The van der Waals surface area contributed by atoms with Gasteiger partial charge in [-0.1, -0.05) is 11.6 Å². The Labute approximate surface area is 144 Å². The van der Waals surface area contributed by atoms with Crippen LogP contribution in [0.15, 0.2) is 24.4 Å². The van der Waals surface area contributed by atoms with E-state index >= 15 is 0 Å². The summed E-state index contributed by atoms with van der Waals surface area (Å²) in [5.41, 5.74) is 0.401. The molecule has 124 valence electrons. The minimum absolute atomic E-state index is 0.0524. The second-order valence-electron chi connectivity index (χ2n) is 6.84. The number of aromatic carboxylic acids is 1. The summed E-state index contributed by atoms with van der Waals surface area (Å²) in [6, 6.07) is 4.65. The predicted octanol–water partition coefficient (Wildman–Crippen LogP) is 3.19. The molecule has 0 aromatic carbocycles. The molecule has 0 amide bonds. The van der Waals surface area contributed by atoms with E-state index < -0.39 is 11.9 Å². The molecule has 1 N–H and O–H groups in total. The molecule has 2 aromatic heterocycles. The maximum atomic E-state index is 11.0. The van der Waals surface area contributed by atoms with Crippen molar-refractivity contribution in [2.24, 2.45) is 16.7 Å². The number of ether oxygens (including phenoxy) is 1. The van der Waals surface area contributed by atoms with Crippen molar-refractivity contribution >= 4 is 17.6 Å². The second-order valence-corrected chi connectivity index (χ2v) is 7.20. The van der Waals surface area contributed by atoms with Crippen LogP contribution in [0.3, 0.4) is 0 Å². The molecule has 2 spiro atoms. The lowest BCUT2D eigenvalue weighted by molar-refractivity contribution is 0.0696. The summed E-state index contributed by atoms with van der Waals surface area (Å²) >= 11 is 5.90. The highest BCUT2D eigenvalue weighted by atomic mass is 35.5. The third-order valence-corrected chi connectivity index (χ3v) is 6.03. The van der Waals surface area contributed by atoms with E-state index in [0.29, 0.717) is 18.3 Å². The predicted molar refractivity (Wildman–Crippen MR) is 85.6 cm³/mol. The van der Waals surface area contributed by atoms with Gasteiger partial charge in [0.1, 0.15) is 5.15 Å². The van der Waals surface area contributed by atoms with Gasteiger partial charge in [-0.15, -0.1) is 5.10 Å². The normalized spacial score (nSPS) is 23.8. The van der Waals surface area contributed by atoms with Gasteiger partial charge >= 0.3 is 5.97 Å². The van der Waals surface area contributed by atoms with Crippen LogP contribution in [0.5, 0.6) is 5.88 Å². The second kappa shape index (κ2) is 4.51. The van der Waals surface area contributed by atoms with Crippen molar-refractivity contribution in [1.29, 1.82) is 0 Å². The Bertz CT molecular complexity index is 886. The van der Waals surface area contributed by atoms with Gasteiger partial charge in [0.15, 0.2) is 5.82 Å². The first-order chi connectivity index (χ1) is 11.9. The highest BCUT2D eigenvalue weighted by Crippen LogP contribution is 2.92. The van der Waals surface area contributed by atoms with Crippen molar-refractivity contribution < 1.29 is 16.0 Å². The lowest BCUT2D eigenvalue weighted by Gasteiger charge is -2.04. The maximum Gasteiger partial charge on any atom is 0.338 e. The average Bonchev–Trinajstić information content (AvgIpc) is 3.50. The molecule has 2 heterocycles. The number of hydrogen-bond acceptors (Lipinski definition) is 4. The highest BCUT2D eigenvalue weighted by molar-refractivity contribution is 6.32. The van der Waals surface area contributed by atoms with Crippen LogP contribution >= 0.6 is 11.6 Å². The summed E-state index contributed by atoms with van der Waals surface area (Å²) in [6.07, 6.45) is 6.32. The number of aromatic nitrogens is 3. The standard InChI is InChI=1S/C17H16ClN3O3/c18-14-10(15(22)23)1-2-12(19-14)21-8-3-13(20-21)24-9-11-16(4-5-16)17(11)6-7-17/h1-3,8,11H,4-7,9H2,(H,22,23)/i11D. The van der Waals surface area contributed by atoms with Crippen molar-refractivity contribution in [3.63, 3.8) is 0 Å². The van der Waals surface area contributed by atoms with Gasteiger partial charge in [-0.25, -0.2) is 14.5 Å². The summed E-state index contributed by atoms with van der Waals surface area (Å²) in [4.78, 5) is 15.0. The fourth-order valence-electron chi connectivity index (χ4n) is 4.18. The Morgan fingerprint density at radius 1 is 1.38 bits per heavy atom. The lowest BCUT2D eigenvalue weighted by atomic mass is 10.3. The average molecular weight is 347 g/mol. The van der Waals surface area contributed by atoms with Crippen LogP contribution in [0.2, 0.25) is 5.15 Å². The van der Waals surface area contributed by atoms with Crippen molar-refractivity contribution in [2.75, 3.05) is 6.61 Å². The summed E-state index contributed by atoms with van der Waals surface area (Å²) < 4.78 is 16.0. The van der Waals surface area contributed by atoms with Gasteiger partial charge in [0.25, 0.3) is 0 Å². The first kappa shape index (κ1) is 13.2. The minimum Gasteiger partial charge on any atom is -0.478 e. The molecule has 3 fully saturated rings. The minimum atomic E-state index is -1.12. The van der Waals surface area contributed by atoms with Crippen molar-refractivity contribution in [3.8, 4) is 11.7 Å². The zero-order valence-corrected chi connectivity index (χ0v) is 13.6. The van der Waals surface area contributed by atoms with E-state index in [1.54, 1.807) is 12.3 Å². The topological polar surface area (TPSA) is 77.2 Å². The van der Waals surface area contributed by atoms with Crippen LogP contribution < -0.4 is 4.74 Å². The number of rotatable bonds is 5. The van der Waals surface area contributed by atoms with Crippen LogP contribution in [-0.2, 0) is 0 Å². The third-order valence-electron chi connectivity index (χ3n) is 5.74. The monoisotopic (exact) mass is 346 g/mol.